The minimum atomic E-state index is -0.171. The molecule has 0 saturated heterocycles. The lowest BCUT2D eigenvalue weighted by Gasteiger charge is -2.36. The smallest absolute Gasteiger partial charge is 0.309 e. The summed E-state index contributed by atoms with van der Waals surface area (Å²) in [4.78, 5) is 11.8. The van der Waals surface area contributed by atoms with Crippen molar-refractivity contribution in [2.75, 3.05) is 7.11 Å². The van der Waals surface area contributed by atoms with Crippen LogP contribution in [0.1, 0.15) is 37.7 Å². The Hall–Kier alpha value is -1.51. The molecule has 1 aliphatic rings. The summed E-state index contributed by atoms with van der Waals surface area (Å²) in [5.41, 5.74) is 1.04. The van der Waals surface area contributed by atoms with Crippen LogP contribution in [-0.4, -0.2) is 18.2 Å². The van der Waals surface area contributed by atoms with Crippen LogP contribution < -0.4 is 0 Å². The molecular formula is C15H20O3. The van der Waals surface area contributed by atoms with Crippen molar-refractivity contribution < 1.29 is 14.6 Å². The van der Waals surface area contributed by atoms with Gasteiger partial charge in [-0.15, -0.1) is 0 Å². The van der Waals surface area contributed by atoms with Crippen molar-refractivity contribution in [1.82, 2.24) is 0 Å². The first-order chi connectivity index (χ1) is 8.63. The van der Waals surface area contributed by atoms with E-state index in [1.807, 2.05) is 19.1 Å². The minimum Gasteiger partial charge on any atom is -0.508 e. The van der Waals surface area contributed by atoms with Crippen molar-refractivity contribution in [3.8, 4) is 5.75 Å². The zero-order chi connectivity index (χ0) is 13.1. The second-order valence-electron chi connectivity index (χ2n) is 5.12. The summed E-state index contributed by atoms with van der Waals surface area (Å²) in [6.07, 6.45) is 3.54. The molecule has 1 fully saturated rings. The van der Waals surface area contributed by atoms with Crippen molar-refractivity contribution in [3.63, 3.8) is 0 Å². The Kier molecular flexibility index (Phi) is 3.90. The van der Waals surface area contributed by atoms with E-state index in [0.717, 1.165) is 18.4 Å². The Balaban J connectivity index is 2.27. The molecule has 0 spiro atoms. The number of esters is 1. The second kappa shape index (κ2) is 5.42. The summed E-state index contributed by atoms with van der Waals surface area (Å²) >= 11 is 0. The first kappa shape index (κ1) is 12.9. The number of benzene rings is 1. The number of hydrogen-bond donors (Lipinski definition) is 1. The van der Waals surface area contributed by atoms with Gasteiger partial charge in [0.05, 0.1) is 13.0 Å². The Labute approximate surface area is 108 Å². The average Bonchev–Trinajstić information content (AvgIpc) is 2.31. The molecule has 1 aliphatic carbocycles. The summed E-state index contributed by atoms with van der Waals surface area (Å²) in [6, 6.07) is 7.25. The fourth-order valence-electron chi connectivity index (χ4n) is 2.83. The number of ether oxygens (including phenoxy) is 1. The normalized spacial score (nSPS) is 18.8. The van der Waals surface area contributed by atoms with Gasteiger partial charge in [-0.3, -0.25) is 4.79 Å². The highest BCUT2D eigenvalue weighted by Gasteiger charge is 2.36. The summed E-state index contributed by atoms with van der Waals surface area (Å²) in [7, 11) is 1.43. The van der Waals surface area contributed by atoms with Crippen LogP contribution >= 0.6 is 0 Å². The Bertz CT molecular complexity index is 424. The lowest BCUT2D eigenvalue weighted by atomic mass is 9.68. The Morgan fingerprint density at radius 3 is 2.67 bits per heavy atom. The minimum absolute atomic E-state index is 0.151. The Morgan fingerprint density at radius 2 is 2.17 bits per heavy atom. The standard InChI is InChI=1S/C15H20O3/c1-10(15(17)18-2)14(11-5-3-6-11)12-7-4-8-13(16)9-12/h4,7-11,14,16H,3,5-6H2,1-2H3/t10-,14-/m0/s1. The van der Waals surface area contributed by atoms with Crippen LogP contribution in [0.2, 0.25) is 0 Å². The molecular weight excluding hydrogens is 228 g/mol. The predicted molar refractivity (Wildman–Crippen MR) is 69.4 cm³/mol. The van der Waals surface area contributed by atoms with E-state index in [0.29, 0.717) is 5.92 Å². The van der Waals surface area contributed by atoms with Crippen molar-refractivity contribution in [2.45, 2.75) is 32.1 Å². The quantitative estimate of drug-likeness (QED) is 0.833. The zero-order valence-corrected chi connectivity index (χ0v) is 10.9. The third-order valence-electron chi connectivity index (χ3n) is 4.02. The third-order valence-corrected chi connectivity index (χ3v) is 4.02. The molecule has 0 bridgehead atoms. The van der Waals surface area contributed by atoms with Crippen molar-refractivity contribution >= 4 is 5.97 Å². The van der Waals surface area contributed by atoms with E-state index < -0.39 is 0 Å². The van der Waals surface area contributed by atoms with E-state index in [1.165, 1.54) is 13.5 Å². The number of carbonyl (C=O) groups is 1. The van der Waals surface area contributed by atoms with Gasteiger partial charge in [-0.25, -0.2) is 0 Å². The molecule has 98 valence electrons. The average molecular weight is 248 g/mol. The maximum absolute atomic E-state index is 11.8. The van der Waals surface area contributed by atoms with E-state index in [9.17, 15) is 9.90 Å². The molecule has 1 saturated carbocycles. The number of phenols is 1. The van der Waals surface area contributed by atoms with Gasteiger partial charge in [0.15, 0.2) is 0 Å². The SMILES string of the molecule is COC(=O)[C@@H](C)[C@H](c1cccc(O)c1)C1CCC1. The molecule has 1 N–H and O–H groups in total. The molecule has 0 heterocycles. The topological polar surface area (TPSA) is 46.5 Å². The number of aromatic hydroxyl groups is 1. The summed E-state index contributed by atoms with van der Waals surface area (Å²) in [5, 5.41) is 9.60. The van der Waals surface area contributed by atoms with Gasteiger partial charge in [-0.1, -0.05) is 25.5 Å². The van der Waals surface area contributed by atoms with Gasteiger partial charge in [0.2, 0.25) is 0 Å². The molecule has 0 amide bonds. The van der Waals surface area contributed by atoms with Crippen molar-refractivity contribution in [1.29, 1.82) is 0 Å². The highest BCUT2D eigenvalue weighted by Crippen LogP contribution is 2.44. The van der Waals surface area contributed by atoms with E-state index in [4.69, 9.17) is 4.74 Å². The van der Waals surface area contributed by atoms with Crippen molar-refractivity contribution in [2.24, 2.45) is 11.8 Å². The fourth-order valence-corrected chi connectivity index (χ4v) is 2.83. The molecule has 3 nitrogen and oxygen atoms in total. The first-order valence-corrected chi connectivity index (χ1v) is 6.50. The molecule has 0 unspecified atom stereocenters. The molecule has 1 aromatic carbocycles. The lowest BCUT2D eigenvalue weighted by molar-refractivity contribution is -0.146. The first-order valence-electron chi connectivity index (χ1n) is 6.50. The van der Waals surface area contributed by atoms with E-state index >= 15 is 0 Å². The van der Waals surface area contributed by atoms with E-state index in [2.05, 4.69) is 0 Å². The van der Waals surface area contributed by atoms with Crippen LogP contribution in [0.4, 0.5) is 0 Å². The molecule has 0 aliphatic heterocycles. The van der Waals surface area contributed by atoms with Crippen LogP contribution in [0.5, 0.6) is 5.75 Å². The molecule has 1 aromatic rings. The highest BCUT2D eigenvalue weighted by molar-refractivity contribution is 5.73. The summed E-state index contributed by atoms with van der Waals surface area (Å²) < 4.78 is 4.86. The predicted octanol–water partition coefficient (Wildman–Crippen LogP) is 3.09. The molecule has 0 radical (unpaired) electrons. The largest absolute Gasteiger partial charge is 0.508 e. The van der Waals surface area contributed by atoms with Crippen LogP contribution in [0.15, 0.2) is 24.3 Å². The van der Waals surface area contributed by atoms with Gasteiger partial charge in [0.25, 0.3) is 0 Å². The summed E-state index contributed by atoms with van der Waals surface area (Å²) in [6.45, 7) is 1.92. The molecule has 3 heteroatoms. The number of phenolic OH excluding ortho intramolecular Hbond substituents is 1. The number of carbonyl (C=O) groups excluding carboxylic acids is 1. The monoisotopic (exact) mass is 248 g/mol. The van der Waals surface area contributed by atoms with E-state index in [-0.39, 0.29) is 23.6 Å². The lowest BCUT2D eigenvalue weighted by Crippen LogP contribution is -2.30. The zero-order valence-electron chi connectivity index (χ0n) is 10.9. The van der Waals surface area contributed by atoms with Gasteiger partial charge < -0.3 is 9.84 Å². The molecule has 2 rings (SSSR count). The van der Waals surface area contributed by atoms with Gasteiger partial charge in [-0.2, -0.15) is 0 Å². The highest BCUT2D eigenvalue weighted by atomic mass is 16.5. The van der Waals surface area contributed by atoms with Crippen LogP contribution in [0.3, 0.4) is 0 Å². The van der Waals surface area contributed by atoms with Crippen molar-refractivity contribution in [3.05, 3.63) is 29.8 Å². The molecule has 0 aromatic heterocycles. The van der Waals surface area contributed by atoms with E-state index in [1.54, 1.807) is 12.1 Å². The molecule has 2 atom stereocenters. The number of hydrogen-bond acceptors (Lipinski definition) is 3. The van der Waals surface area contributed by atoms with Crippen LogP contribution in [-0.2, 0) is 9.53 Å². The third kappa shape index (κ3) is 2.50. The number of methoxy groups -OCH3 is 1. The van der Waals surface area contributed by atoms with Crippen LogP contribution in [0.25, 0.3) is 0 Å². The Morgan fingerprint density at radius 1 is 1.44 bits per heavy atom. The second-order valence-corrected chi connectivity index (χ2v) is 5.12. The maximum Gasteiger partial charge on any atom is 0.309 e. The summed E-state index contributed by atoms with van der Waals surface area (Å²) in [5.74, 6) is 0.602. The molecule has 18 heavy (non-hydrogen) atoms. The van der Waals surface area contributed by atoms with Gasteiger partial charge in [-0.05, 0) is 42.4 Å². The fraction of sp³-hybridized carbons (Fsp3) is 0.533. The van der Waals surface area contributed by atoms with Crippen LogP contribution in [0, 0.1) is 11.8 Å². The van der Waals surface area contributed by atoms with Gasteiger partial charge in [0.1, 0.15) is 5.75 Å². The maximum atomic E-state index is 11.8. The van der Waals surface area contributed by atoms with Gasteiger partial charge in [0, 0.05) is 0 Å². The van der Waals surface area contributed by atoms with Gasteiger partial charge >= 0.3 is 5.97 Å². The number of rotatable bonds is 4.